The Morgan fingerprint density at radius 2 is 1.95 bits per heavy atom. The molecule has 3 atom stereocenters. The fourth-order valence-electron chi connectivity index (χ4n) is 4.05. The number of piperazine rings is 1. The van der Waals surface area contributed by atoms with Crippen molar-refractivity contribution >= 4 is 0 Å². The Balaban J connectivity index is 1.55. The number of nitrogens with zero attached hydrogens (tertiary/aromatic N) is 1. The van der Waals surface area contributed by atoms with E-state index in [2.05, 4.69) is 47.5 Å². The minimum Gasteiger partial charge on any atom is -0.311 e. The molecule has 1 heterocycles. The molecule has 1 aliphatic carbocycles. The van der Waals surface area contributed by atoms with Gasteiger partial charge in [0, 0.05) is 31.7 Å². The lowest BCUT2D eigenvalue weighted by molar-refractivity contribution is 0.130. The van der Waals surface area contributed by atoms with Crippen LogP contribution >= 0.6 is 0 Å². The van der Waals surface area contributed by atoms with Crippen molar-refractivity contribution in [2.75, 3.05) is 19.6 Å². The zero-order valence-electron chi connectivity index (χ0n) is 13.4. The number of hydrogen-bond acceptors (Lipinski definition) is 2. The Labute approximate surface area is 129 Å². The third-order valence-electron chi connectivity index (χ3n) is 5.36. The number of benzene rings is 1. The van der Waals surface area contributed by atoms with Crippen LogP contribution in [-0.4, -0.2) is 36.6 Å². The highest BCUT2D eigenvalue weighted by atomic mass is 15.2. The van der Waals surface area contributed by atoms with Gasteiger partial charge in [-0.05, 0) is 37.2 Å². The van der Waals surface area contributed by atoms with Crippen molar-refractivity contribution < 1.29 is 0 Å². The smallest absolute Gasteiger partial charge is 0.0236 e. The summed E-state index contributed by atoms with van der Waals surface area (Å²) in [6.07, 6.45) is 8.30. The van der Waals surface area contributed by atoms with Crippen LogP contribution in [0.5, 0.6) is 0 Å². The van der Waals surface area contributed by atoms with E-state index in [-0.39, 0.29) is 0 Å². The Morgan fingerprint density at radius 3 is 2.81 bits per heavy atom. The van der Waals surface area contributed by atoms with Crippen LogP contribution in [0.1, 0.15) is 44.6 Å². The van der Waals surface area contributed by atoms with Gasteiger partial charge in [-0.2, -0.15) is 0 Å². The average Bonchev–Trinajstić information content (AvgIpc) is 2.73. The molecule has 2 fully saturated rings. The van der Waals surface area contributed by atoms with Gasteiger partial charge in [-0.1, -0.05) is 50.1 Å². The zero-order valence-corrected chi connectivity index (χ0v) is 13.4. The lowest BCUT2D eigenvalue weighted by atomic mass is 10.00. The normalized spacial score (nSPS) is 31.8. The van der Waals surface area contributed by atoms with Gasteiger partial charge in [0.2, 0.25) is 0 Å². The largest absolute Gasteiger partial charge is 0.311 e. The summed E-state index contributed by atoms with van der Waals surface area (Å²) in [5.41, 5.74) is 1.46. The third-order valence-corrected chi connectivity index (χ3v) is 5.36. The maximum atomic E-state index is 3.72. The summed E-state index contributed by atoms with van der Waals surface area (Å²) < 4.78 is 0. The second kappa shape index (κ2) is 7.42. The number of rotatable bonds is 3. The number of nitrogens with one attached hydrogen (secondary N) is 1. The molecule has 116 valence electrons. The van der Waals surface area contributed by atoms with Crippen molar-refractivity contribution in [1.82, 2.24) is 10.2 Å². The first-order valence-corrected chi connectivity index (χ1v) is 8.82. The summed E-state index contributed by atoms with van der Waals surface area (Å²) in [6, 6.07) is 12.4. The predicted molar refractivity (Wildman–Crippen MR) is 89.5 cm³/mol. The van der Waals surface area contributed by atoms with Crippen molar-refractivity contribution in [2.24, 2.45) is 5.92 Å². The maximum Gasteiger partial charge on any atom is 0.0236 e. The van der Waals surface area contributed by atoms with Gasteiger partial charge in [0.1, 0.15) is 0 Å². The van der Waals surface area contributed by atoms with E-state index >= 15 is 0 Å². The van der Waals surface area contributed by atoms with E-state index in [1.807, 2.05) is 0 Å². The summed E-state index contributed by atoms with van der Waals surface area (Å²) in [5.74, 6) is 0.943. The highest BCUT2D eigenvalue weighted by Gasteiger charge is 2.27. The van der Waals surface area contributed by atoms with Crippen LogP contribution in [0.2, 0.25) is 0 Å². The van der Waals surface area contributed by atoms with Crippen molar-refractivity contribution in [3.05, 3.63) is 35.9 Å². The van der Waals surface area contributed by atoms with Crippen molar-refractivity contribution in [3.63, 3.8) is 0 Å². The van der Waals surface area contributed by atoms with Crippen molar-refractivity contribution in [3.8, 4) is 0 Å². The monoisotopic (exact) mass is 286 g/mol. The highest BCUT2D eigenvalue weighted by molar-refractivity contribution is 5.16. The Hall–Kier alpha value is -0.860. The van der Waals surface area contributed by atoms with Crippen LogP contribution in [0.25, 0.3) is 0 Å². The van der Waals surface area contributed by atoms with Gasteiger partial charge in [0.05, 0.1) is 0 Å². The minimum atomic E-state index is 0.627. The SMILES string of the molecule is CC1CCCC(N2CCNC(Cc3ccccc3)C2)CC1. The van der Waals surface area contributed by atoms with Gasteiger partial charge in [-0.15, -0.1) is 0 Å². The molecule has 0 aromatic heterocycles. The fourth-order valence-corrected chi connectivity index (χ4v) is 4.05. The van der Waals surface area contributed by atoms with E-state index in [0.717, 1.165) is 18.5 Å². The van der Waals surface area contributed by atoms with Gasteiger partial charge in [-0.25, -0.2) is 0 Å². The van der Waals surface area contributed by atoms with Crippen LogP contribution in [-0.2, 0) is 6.42 Å². The predicted octanol–water partition coefficient (Wildman–Crippen LogP) is 3.47. The molecule has 1 N–H and O–H groups in total. The molecule has 1 aromatic rings. The van der Waals surface area contributed by atoms with Gasteiger partial charge < -0.3 is 5.32 Å². The lowest BCUT2D eigenvalue weighted by Gasteiger charge is -2.39. The molecule has 1 saturated carbocycles. The highest BCUT2D eigenvalue weighted by Crippen LogP contribution is 2.26. The molecule has 3 rings (SSSR count). The Morgan fingerprint density at radius 1 is 1.10 bits per heavy atom. The topological polar surface area (TPSA) is 15.3 Å². The first-order valence-electron chi connectivity index (χ1n) is 8.82. The second-order valence-corrected chi connectivity index (χ2v) is 7.10. The van der Waals surface area contributed by atoms with Crippen molar-refractivity contribution in [1.29, 1.82) is 0 Å². The molecule has 21 heavy (non-hydrogen) atoms. The van der Waals surface area contributed by atoms with Crippen LogP contribution in [0.15, 0.2) is 30.3 Å². The van der Waals surface area contributed by atoms with Gasteiger partial charge in [-0.3, -0.25) is 4.90 Å². The van der Waals surface area contributed by atoms with Gasteiger partial charge in [0.25, 0.3) is 0 Å². The average molecular weight is 286 g/mol. The summed E-state index contributed by atoms with van der Waals surface area (Å²) in [5, 5.41) is 3.72. The van der Waals surface area contributed by atoms with Gasteiger partial charge >= 0.3 is 0 Å². The third kappa shape index (κ3) is 4.31. The van der Waals surface area contributed by atoms with Crippen LogP contribution in [0.4, 0.5) is 0 Å². The summed E-state index contributed by atoms with van der Waals surface area (Å²) in [4.78, 5) is 2.78. The molecule has 0 amide bonds. The molecule has 0 spiro atoms. The molecule has 3 unspecified atom stereocenters. The molecule has 2 heteroatoms. The molecule has 1 aromatic carbocycles. The molecule has 0 bridgehead atoms. The zero-order chi connectivity index (χ0) is 14.5. The first kappa shape index (κ1) is 15.1. The quantitative estimate of drug-likeness (QED) is 0.856. The Kier molecular flexibility index (Phi) is 5.32. The maximum absolute atomic E-state index is 3.72. The molecule has 1 aliphatic heterocycles. The van der Waals surface area contributed by atoms with E-state index in [1.54, 1.807) is 0 Å². The Bertz CT molecular complexity index is 417. The molecular formula is C19H30N2. The molecule has 2 aliphatic rings. The van der Waals surface area contributed by atoms with E-state index in [4.69, 9.17) is 0 Å². The molecule has 2 nitrogen and oxygen atoms in total. The first-order chi connectivity index (χ1) is 10.3. The van der Waals surface area contributed by atoms with Crippen molar-refractivity contribution in [2.45, 2.75) is 57.5 Å². The van der Waals surface area contributed by atoms with E-state index in [9.17, 15) is 0 Å². The molecule has 1 saturated heterocycles. The summed E-state index contributed by atoms with van der Waals surface area (Å²) in [7, 11) is 0. The standard InChI is InChI=1S/C19H30N2/c1-16-6-5-9-19(11-10-16)21-13-12-20-18(15-21)14-17-7-3-2-4-8-17/h2-4,7-8,16,18-20H,5-6,9-15H2,1H3. The minimum absolute atomic E-state index is 0.627. The summed E-state index contributed by atoms with van der Waals surface area (Å²) in [6.45, 7) is 6.06. The van der Waals surface area contributed by atoms with Crippen LogP contribution < -0.4 is 5.32 Å². The fraction of sp³-hybridized carbons (Fsp3) is 0.684. The van der Waals surface area contributed by atoms with E-state index in [1.165, 1.54) is 57.2 Å². The van der Waals surface area contributed by atoms with E-state index < -0.39 is 0 Å². The molecular weight excluding hydrogens is 256 g/mol. The van der Waals surface area contributed by atoms with Crippen LogP contribution in [0, 0.1) is 5.92 Å². The summed E-state index contributed by atoms with van der Waals surface area (Å²) >= 11 is 0. The number of hydrogen-bond donors (Lipinski definition) is 1. The van der Waals surface area contributed by atoms with Gasteiger partial charge in [0.15, 0.2) is 0 Å². The molecule has 0 radical (unpaired) electrons. The van der Waals surface area contributed by atoms with E-state index in [0.29, 0.717) is 6.04 Å². The second-order valence-electron chi connectivity index (χ2n) is 7.10. The van der Waals surface area contributed by atoms with Crippen LogP contribution in [0.3, 0.4) is 0 Å². The lowest BCUT2D eigenvalue weighted by Crippen LogP contribution is -2.54.